The topological polar surface area (TPSA) is 113 Å². The van der Waals surface area contributed by atoms with E-state index in [9.17, 15) is 10.2 Å². The summed E-state index contributed by atoms with van der Waals surface area (Å²) in [5.41, 5.74) is 14.5. The Hall–Kier alpha value is -2.40. The molecule has 0 aliphatic heterocycles. The van der Waals surface area contributed by atoms with Gasteiger partial charge in [-0.15, -0.1) is 0 Å². The Bertz CT molecular complexity index is 612. The summed E-state index contributed by atoms with van der Waals surface area (Å²) in [5.74, 6) is -0.0916. The van der Waals surface area contributed by atoms with Crippen molar-refractivity contribution in [2.24, 2.45) is 0 Å². The second-order valence-electron chi connectivity index (χ2n) is 4.31. The molecule has 0 aliphatic carbocycles. The van der Waals surface area contributed by atoms with Crippen LogP contribution in [0, 0.1) is 0 Å². The summed E-state index contributed by atoms with van der Waals surface area (Å²) in [5, 5.41) is 28.3. The van der Waals surface area contributed by atoms with Gasteiger partial charge in [-0.25, -0.2) is 0 Å². The second-order valence-corrected chi connectivity index (χ2v) is 4.31. The van der Waals surface area contributed by atoms with Gasteiger partial charge >= 0.3 is 0 Å². The number of nitrogen functional groups attached to an aromatic ring is 2. The number of aromatic hydroxyl groups is 2. The molecule has 0 aliphatic rings. The van der Waals surface area contributed by atoms with Gasteiger partial charge in [0, 0.05) is 29.6 Å². The van der Waals surface area contributed by atoms with Gasteiger partial charge in [0.05, 0.1) is 0 Å². The Balaban J connectivity index is 2.66. The molecule has 0 saturated heterocycles. The van der Waals surface area contributed by atoms with Crippen LogP contribution in [0.15, 0.2) is 30.3 Å². The lowest BCUT2D eigenvalue weighted by Gasteiger charge is -2.14. The molecule has 0 atom stereocenters. The van der Waals surface area contributed by atoms with E-state index in [1.807, 2.05) is 0 Å². The summed E-state index contributed by atoms with van der Waals surface area (Å²) in [6, 6.07) is 7.60. The number of hydrogen-bond acceptors (Lipinski definition) is 5. The van der Waals surface area contributed by atoms with Gasteiger partial charge < -0.3 is 26.8 Å². The third-order valence-corrected chi connectivity index (χ3v) is 2.94. The van der Waals surface area contributed by atoms with Crippen LogP contribution in [0.5, 0.6) is 11.5 Å². The fourth-order valence-electron chi connectivity index (χ4n) is 2.10. The summed E-state index contributed by atoms with van der Waals surface area (Å²) < 4.78 is 0. The van der Waals surface area contributed by atoms with Gasteiger partial charge in [-0.2, -0.15) is 0 Å². The van der Waals surface area contributed by atoms with Crippen molar-refractivity contribution < 1.29 is 15.3 Å². The molecule has 5 heteroatoms. The highest BCUT2D eigenvalue weighted by Crippen LogP contribution is 2.37. The van der Waals surface area contributed by atoms with Crippen molar-refractivity contribution >= 4 is 11.4 Å². The quantitative estimate of drug-likeness (QED) is 0.536. The van der Waals surface area contributed by atoms with Crippen LogP contribution < -0.4 is 11.5 Å². The number of phenols is 2. The lowest BCUT2D eigenvalue weighted by Crippen LogP contribution is -2.02. The van der Waals surface area contributed by atoms with Crippen LogP contribution in [0.2, 0.25) is 0 Å². The van der Waals surface area contributed by atoms with Gasteiger partial charge in [0.1, 0.15) is 11.5 Å². The summed E-state index contributed by atoms with van der Waals surface area (Å²) >= 11 is 0. The predicted octanol–water partition coefficient (Wildman–Crippen LogP) is 1.46. The number of rotatable bonds is 3. The Morgan fingerprint density at radius 3 is 2.32 bits per heavy atom. The van der Waals surface area contributed by atoms with E-state index in [4.69, 9.17) is 16.6 Å². The third-order valence-electron chi connectivity index (χ3n) is 2.94. The number of phenolic OH excluding ortho intramolecular Hbond substituents is 2. The minimum absolute atomic E-state index is 0.0261. The van der Waals surface area contributed by atoms with E-state index in [0.717, 1.165) is 5.56 Å². The van der Waals surface area contributed by atoms with E-state index in [-0.39, 0.29) is 18.1 Å². The van der Waals surface area contributed by atoms with Gasteiger partial charge in [-0.3, -0.25) is 0 Å². The molecule has 2 aromatic carbocycles. The molecule has 0 saturated carbocycles. The molecule has 0 amide bonds. The molecule has 0 aromatic heterocycles. The standard InChI is InChI=1S/C14H16N2O3/c15-8-5-12(10(3-4-17)13(16)6-8)11-2-1-9(18)7-14(11)19/h1-2,5-7,17-19H,3-4,15-16H2. The van der Waals surface area contributed by atoms with Crippen molar-refractivity contribution in [2.75, 3.05) is 18.1 Å². The SMILES string of the molecule is Nc1cc(N)c(CCO)c(-c2ccc(O)cc2O)c1. The summed E-state index contributed by atoms with van der Waals surface area (Å²) in [4.78, 5) is 0. The van der Waals surface area contributed by atoms with Crippen LogP contribution in [-0.4, -0.2) is 21.9 Å². The first-order valence-corrected chi connectivity index (χ1v) is 5.84. The number of nitrogens with two attached hydrogens (primary N) is 2. The zero-order valence-corrected chi connectivity index (χ0v) is 10.3. The van der Waals surface area contributed by atoms with Crippen molar-refractivity contribution in [2.45, 2.75) is 6.42 Å². The van der Waals surface area contributed by atoms with Crippen LogP contribution >= 0.6 is 0 Å². The van der Waals surface area contributed by atoms with Gasteiger partial charge in [0.15, 0.2) is 0 Å². The zero-order valence-electron chi connectivity index (χ0n) is 10.3. The molecule has 5 nitrogen and oxygen atoms in total. The first-order chi connectivity index (χ1) is 9.02. The maximum atomic E-state index is 9.92. The molecule has 0 spiro atoms. The predicted molar refractivity (Wildman–Crippen MR) is 74.8 cm³/mol. The maximum absolute atomic E-state index is 9.92. The Labute approximate surface area is 110 Å². The average Bonchev–Trinajstić information content (AvgIpc) is 2.32. The van der Waals surface area contributed by atoms with E-state index in [2.05, 4.69) is 0 Å². The molecule has 2 aromatic rings. The summed E-state index contributed by atoms with van der Waals surface area (Å²) in [6.07, 6.45) is 0.363. The lowest BCUT2D eigenvalue weighted by atomic mass is 9.95. The van der Waals surface area contributed by atoms with Gasteiger partial charge in [-0.1, -0.05) is 0 Å². The first-order valence-electron chi connectivity index (χ1n) is 5.84. The second kappa shape index (κ2) is 5.07. The molecule has 0 unspecified atom stereocenters. The summed E-state index contributed by atoms with van der Waals surface area (Å²) in [7, 11) is 0. The molecular formula is C14H16N2O3. The van der Waals surface area contributed by atoms with Crippen LogP contribution in [0.3, 0.4) is 0 Å². The van der Waals surface area contributed by atoms with Crippen LogP contribution in [0.4, 0.5) is 11.4 Å². The van der Waals surface area contributed by atoms with E-state index in [0.29, 0.717) is 28.9 Å². The van der Waals surface area contributed by atoms with Gasteiger partial charge in [0.25, 0.3) is 0 Å². The number of anilines is 2. The Kier molecular flexibility index (Phi) is 3.48. The number of hydrogen-bond donors (Lipinski definition) is 5. The monoisotopic (exact) mass is 260 g/mol. The normalized spacial score (nSPS) is 10.6. The lowest BCUT2D eigenvalue weighted by molar-refractivity contribution is 0.300. The minimum Gasteiger partial charge on any atom is -0.508 e. The van der Waals surface area contributed by atoms with E-state index in [1.165, 1.54) is 12.1 Å². The van der Waals surface area contributed by atoms with Crippen molar-refractivity contribution in [1.82, 2.24) is 0 Å². The van der Waals surface area contributed by atoms with Crippen molar-refractivity contribution in [3.05, 3.63) is 35.9 Å². The number of aliphatic hydroxyl groups is 1. The molecule has 0 radical (unpaired) electrons. The largest absolute Gasteiger partial charge is 0.508 e. The van der Waals surface area contributed by atoms with E-state index >= 15 is 0 Å². The molecular weight excluding hydrogens is 244 g/mol. The Morgan fingerprint density at radius 1 is 0.947 bits per heavy atom. The Morgan fingerprint density at radius 2 is 1.68 bits per heavy atom. The zero-order chi connectivity index (χ0) is 14.0. The van der Waals surface area contributed by atoms with Gasteiger partial charge in [-0.05, 0) is 41.8 Å². The fourth-order valence-corrected chi connectivity index (χ4v) is 2.10. The highest BCUT2D eigenvalue weighted by atomic mass is 16.3. The fraction of sp³-hybridized carbons (Fsp3) is 0.143. The average molecular weight is 260 g/mol. The van der Waals surface area contributed by atoms with E-state index < -0.39 is 0 Å². The highest BCUT2D eigenvalue weighted by Gasteiger charge is 2.13. The molecule has 0 bridgehead atoms. The molecule has 0 fully saturated rings. The van der Waals surface area contributed by atoms with Crippen LogP contribution in [-0.2, 0) is 6.42 Å². The molecule has 2 rings (SSSR count). The van der Waals surface area contributed by atoms with Crippen molar-refractivity contribution in [1.29, 1.82) is 0 Å². The first kappa shape index (κ1) is 13.0. The van der Waals surface area contributed by atoms with Crippen LogP contribution in [0.25, 0.3) is 11.1 Å². The molecule has 7 N–H and O–H groups in total. The van der Waals surface area contributed by atoms with Crippen molar-refractivity contribution in [3.63, 3.8) is 0 Å². The van der Waals surface area contributed by atoms with E-state index in [1.54, 1.807) is 18.2 Å². The number of aliphatic hydroxyl groups excluding tert-OH is 1. The van der Waals surface area contributed by atoms with Crippen LogP contribution in [0.1, 0.15) is 5.56 Å². The van der Waals surface area contributed by atoms with Crippen molar-refractivity contribution in [3.8, 4) is 22.6 Å². The maximum Gasteiger partial charge on any atom is 0.127 e. The highest BCUT2D eigenvalue weighted by molar-refractivity contribution is 5.81. The molecule has 100 valence electrons. The smallest absolute Gasteiger partial charge is 0.127 e. The third kappa shape index (κ3) is 2.56. The molecule has 0 heterocycles. The minimum atomic E-state index is -0.0656. The summed E-state index contributed by atoms with van der Waals surface area (Å²) in [6.45, 7) is -0.0556. The molecule has 19 heavy (non-hydrogen) atoms. The van der Waals surface area contributed by atoms with Gasteiger partial charge in [0.2, 0.25) is 0 Å². The number of benzene rings is 2.